The minimum Gasteiger partial charge on any atom is -0.309 e. The number of amidine groups is 1. The van der Waals surface area contributed by atoms with Crippen molar-refractivity contribution in [2.45, 2.75) is 26.2 Å². The van der Waals surface area contributed by atoms with Gasteiger partial charge in [0.05, 0.1) is 33.5 Å². The molecule has 0 aliphatic rings. The van der Waals surface area contributed by atoms with Gasteiger partial charge in [-0.3, -0.25) is 5.41 Å². The summed E-state index contributed by atoms with van der Waals surface area (Å²) in [5.74, 6) is 0.181. The fourth-order valence-corrected chi connectivity index (χ4v) is 9.48. The summed E-state index contributed by atoms with van der Waals surface area (Å²) in [5.41, 5.74) is 15.5. The van der Waals surface area contributed by atoms with Crippen LogP contribution in [0.1, 0.15) is 43.0 Å². The second kappa shape index (κ2) is 16.7. The Balaban J connectivity index is 1.19. The lowest BCUT2D eigenvalue weighted by molar-refractivity contribution is 0.591. The van der Waals surface area contributed by atoms with Gasteiger partial charge in [0.2, 0.25) is 0 Å². The van der Waals surface area contributed by atoms with Crippen LogP contribution in [-0.2, 0) is 5.41 Å². The molecule has 0 unspecified atom stereocenters. The monoisotopic (exact) mass is 848 g/mol. The summed E-state index contributed by atoms with van der Waals surface area (Å²) in [6, 6.07) is 77.3. The molecule has 0 saturated heterocycles. The third-order valence-electron chi connectivity index (χ3n) is 12.8. The number of benzene rings is 9. The van der Waals surface area contributed by atoms with Gasteiger partial charge in [0.1, 0.15) is 0 Å². The van der Waals surface area contributed by atoms with Gasteiger partial charge >= 0.3 is 0 Å². The van der Waals surface area contributed by atoms with E-state index >= 15 is 0 Å². The number of hydrogen-bond acceptors (Lipinski definition) is 1. The van der Waals surface area contributed by atoms with Gasteiger partial charge < -0.3 is 9.13 Å². The number of para-hydroxylation sites is 2. The quantitative estimate of drug-likeness (QED) is 0.117. The van der Waals surface area contributed by atoms with Crippen LogP contribution in [0.3, 0.4) is 0 Å². The SMILES string of the molecule is CC(C)(C)c1ccc2c(c1)c1cc(-n3c4ccccc4c4ccccc43)ccc1n2-c1c(-c2ccccc2)cc(C(=N)N=C(/C=C/c2ccccc2)c2ccccc2)cc1-c1ccccc1. The molecule has 66 heavy (non-hydrogen) atoms. The molecule has 2 heterocycles. The lowest BCUT2D eigenvalue weighted by Crippen LogP contribution is -2.10. The largest absolute Gasteiger partial charge is 0.309 e. The van der Waals surface area contributed by atoms with Crippen molar-refractivity contribution in [3.63, 3.8) is 0 Å². The lowest BCUT2D eigenvalue weighted by atomic mass is 9.86. The van der Waals surface area contributed by atoms with E-state index in [-0.39, 0.29) is 11.3 Å². The molecule has 316 valence electrons. The average molecular weight is 849 g/mol. The predicted octanol–water partition coefficient (Wildman–Crippen LogP) is 16.0. The van der Waals surface area contributed by atoms with Crippen LogP contribution in [-0.4, -0.2) is 20.7 Å². The van der Waals surface area contributed by atoms with Crippen LogP contribution in [0.25, 0.3) is 83.3 Å². The zero-order valence-electron chi connectivity index (χ0n) is 37.3. The lowest BCUT2D eigenvalue weighted by Gasteiger charge is -2.22. The second-order valence-electron chi connectivity index (χ2n) is 18.0. The Morgan fingerprint density at radius 2 is 0.939 bits per heavy atom. The Kier molecular flexibility index (Phi) is 10.2. The van der Waals surface area contributed by atoms with Crippen molar-refractivity contribution in [3.05, 3.63) is 247 Å². The minimum atomic E-state index is -0.0606. The number of nitrogens with zero attached hydrogens (tertiary/aromatic N) is 3. The van der Waals surface area contributed by atoms with Crippen LogP contribution in [0.2, 0.25) is 0 Å². The van der Waals surface area contributed by atoms with Gasteiger partial charge in [-0.05, 0) is 88.3 Å². The van der Waals surface area contributed by atoms with Crippen molar-refractivity contribution in [2.24, 2.45) is 4.99 Å². The zero-order valence-corrected chi connectivity index (χ0v) is 37.3. The van der Waals surface area contributed by atoms with Crippen LogP contribution in [0.15, 0.2) is 229 Å². The summed E-state index contributed by atoms with van der Waals surface area (Å²) in [6.45, 7) is 6.86. The summed E-state index contributed by atoms with van der Waals surface area (Å²) < 4.78 is 4.87. The van der Waals surface area contributed by atoms with Crippen molar-refractivity contribution < 1.29 is 0 Å². The molecule has 0 saturated carbocycles. The standard InChI is InChI=1S/C62H48N4/c1-62(2,3)47-33-36-58-53(40-47)54-41-48(65-56-30-18-16-28-49(56)50-29-17-19-31-57(50)65)34-37-59(54)66(58)60-51(43-22-10-5-11-23-43)38-46(39-52(60)44-24-12-6-13-25-44)61(63)64-55(45-26-14-7-15-27-45)35-32-42-20-8-4-9-21-42/h4-41,63H,1-3H3/b35-32+,63-61?,64-55?. The van der Waals surface area contributed by atoms with Gasteiger partial charge in [0.15, 0.2) is 5.84 Å². The van der Waals surface area contributed by atoms with Gasteiger partial charge in [0, 0.05) is 49.5 Å². The van der Waals surface area contributed by atoms with Crippen LogP contribution in [0.4, 0.5) is 0 Å². The first-order valence-electron chi connectivity index (χ1n) is 22.6. The molecule has 11 aromatic rings. The Morgan fingerprint density at radius 3 is 1.52 bits per heavy atom. The topological polar surface area (TPSA) is 46.1 Å². The first-order chi connectivity index (χ1) is 32.3. The highest BCUT2D eigenvalue weighted by Crippen LogP contribution is 2.44. The minimum absolute atomic E-state index is 0.0606. The van der Waals surface area contributed by atoms with E-state index in [0.717, 1.165) is 61.4 Å². The molecule has 4 nitrogen and oxygen atoms in total. The molecule has 0 aliphatic carbocycles. The van der Waals surface area contributed by atoms with E-state index in [2.05, 4.69) is 218 Å². The summed E-state index contributed by atoms with van der Waals surface area (Å²) in [4.78, 5) is 5.11. The maximum Gasteiger partial charge on any atom is 0.152 e. The molecule has 11 rings (SSSR count). The fraction of sp³-hybridized carbons (Fsp3) is 0.0645. The number of fused-ring (bicyclic) bond motifs is 6. The molecule has 0 atom stereocenters. The maximum absolute atomic E-state index is 9.78. The molecular formula is C62H48N4. The van der Waals surface area contributed by atoms with Crippen molar-refractivity contribution >= 4 is 61.2 Å². The van der Waals surface area contributed by atoms with Crippen LogP contribution in [0, 0.1) is 5.41 Å². The molecule has 0 amide bonds. The summed E-state index contributed by atoms with van der Waals surface area (Å²) in [7, 11) is 0. The second-order valence-corrected chi connectivity index (χ2v) is 18.0. The number of nitrogens with one attached hydrogen (secondary N) is 1. The summed E-state index contributed by atoms with van der Waals surface area (Å²) in [6.07, 6.45) is 4.08. The van der Waals surface area contributed by atoms with Crippen LogP contribution >= 0.6 is 0 Å². The summed E-state index contributed by atoms with van der Waals surface area (Å²) in [5, 5.41) is 14.6. The maximum atomic E-state index is 9.78. The molecule has 9 aromatic carbocycles. The Labute approximate surface area is 385 Å². The van der Waals surface area contributed by atoms with E-state index in [1.54, 1.807) is 0 Å². The molecule has 0 spiro atoms. The van der Waals surface area contributed by atoms with E-state index in [1.807, 2.05) is 42.5 Å². The van der Waals surface area contributed by atoms with E-state index in [1.165, 1.54) is 38.1 Å². The normalized spacial score (nSPS) is 12.3. The summed E-state index contributed by atoms with van der Waals surface area (Å²) >= 11 is 0. The smallest absolute Gasteiger partial charge is 0.152 e. The number of hydrogen-bond donors (Lipinski definition) is 1. The number of allylic oxidation sites excluding steroid dienone is 1. The number of aliphatic imine (C=N–C) groups is 1. The zero-order chi connectivity index (χ0) is 44.8. The van der Waals surface area contributed by atoms with Gasteiger partial charge in [-0.15, -0.1) is 0 Å². The number of rotatable bonds is 8. The van der Waals surface area contributed by atoms with Crippen LogP contribution in [0.5, 0.6) is 0 Å². The first-order valence-corrected chi connectivity index (χ1v) is 22.6. The Morgan fingerprint density at radius 1 is 0.455 bits per heavy atom. The van der Waals surface area contributed by atoms with E-state index in [0.29, 0.717) is 5.71 Å². The highest BCUT2D eigenvalue weighted by Gasteiger charge is 2.25. The molecule has 4 heteroatoms. The average Bonchev–Trinajstić information content (AvgIpc) is 3.87. The third kappa shape index (κ3) is 7.33. The molecule has 2 aromatic heterocycles. The van der Waals surface area contributed by atoms with Crippen molar-refractivity contribution in [2.75, 3.05) is 0 Å². The van der Waals surface area contributed by atoms with E-state index in [4.69, 9.17) is 4.99 Å². The Bertz CT molecular complexity index is 3550. The van der Waals surface area contributed by atoms with E-state index < -0.39 is 0 Å². The highest BCUT2D eigenvalue weighted by molar-refractivity contribution is 6.19. The van der Waals surface area contributed by atoms with Gasteiger partial charge in [-0.2, -0.15) is 0 Å². The van der Waals surface area contributed by atoms with Crippen LogP contribution < -0.4 is 0 Å². The number of aromatic nitrogens is 2. The molecule has 0 bridgehead atoms. The Hall–Kier alpha value is -8.34. The van der Waals surface area contributed by atoms with Gasteiger partial charge in [-0.1, -0.05) is 191 Å². The fourth-order valence-electron chi connectivity index (χ4n) is 9.48. The van der Waals surface area contributed by atoms with Gasteiger partial charge in [0.25, 0.3) is 0 Å². The van der Waals surface area contributed by atoms with Gasteiger partial charge in [-0.25, -0.2) is 4.99 Å². The van der Waals surface area contributed by atoms with E-state index in [9.17, 15) is 5.41 Å². The third-order valence-corrected chi connectivity index (χ3v) is 12.8. The molecule has 0 fully saturated rings. The van der Waals surface area contributed by atoms with Crippen molar-refractivity contribution in [1.82, 2.24) is 9.13 Å². The first kappa shape index (κ1) is 40.4. The molecule has 0 radical (unpaired) electrons. The molecular weight excluding hydrogens is 801 g/mol. The molecule has 0 aliphatic heterocycles. The molecule has 1 N–H and O–H groups in total. The highest BCUT2D eigenvalue weighted by atomic mass is 15.0. The predicted molar refractivity (Wildman–Crippen MR) is 280 cm³/mol. The van der Waals surface area contributed by atoms with Crippen molar-refractivity contribution in [1.29, 1.82) is 5.41 Å². The van der Waals surface area contributed by atoms with Crippen molar-refractivity contribution in [3.8, 4) is 33.6 Å².